The Morgan fingerprint density at radius 3 is 3.00 bits per heavy atom. The van der Waals surface area contributed by atoms with Gasteiger partial charge in [-0.1, -0.05) is 6.42 Å². The third-order valence-electron chi connectivity index (χ3n) is 5.37. The SMILES string of the molecule is O=C(CC1CC2CCC1C2)NCc1ccnc(-n2cccn2)c1. The van der Waals surface area contributed by atoms with E-state index < -0.39 is 0 Å². The fourth-order valence-corrected chi connectivity index (χ4v) is 4.24. The minimum absolute atomic E-state index is 0.181. The van der Waals surface area contributed by atoms with Crippen molar-refractivity contribution >= 4 is 5.91 Å². The van der Waals surface area contributed by atoms with Gasteiger partial charge in [-0.2, -0.15) is 5.10 Å². The fourth-order valence-electron chi connectivity index (χ4n) is 4.24. The van der Waals surface area contributed by atoms with Crippen molar-refractivity contribution in [2.45, 2.75) is 38.6 Å². The van der Waals surface area contributed by atoms with Crippen LogP contribution in [0.3, 0.4) is 0 Å². The molecule has 2 aliphatic rings. The Balaban J connectivity index is 1.32. The van der Waals surface area contributed by atoms with Crippen molar-refractivity contribution in [2.75, 3.05) is 0 Å². The molecule has 5 heteroatoms. The Hall–Kier alpha value is -2.17. The average molecular weight is 310 g/mol. The molecule has 0 aromatic carbocycles. The number of rotatable bonds is 5. The van der Waals surface area contributed by atoms with Gasteiger partial charge in [0.25, 0.3) is 0 Å². The summed E-state index contributed by atoms with van der Waals surface area (Å²) in [5, 5.41) is 7.24. The minimum Gasteiger partial charge on any atom is -0.352 e. The molecular formula is C18H22N4O. The van der Waals surface area contributed by atoms with E-state index in [0.717, 1.165) is 23.2 Å². The molecule has 2 heterocycles. The zero-order valence-electron chi connectivity index (χ0n) is 13.2. The van der Waals surface area contributed by atoms with E-state index in [1.165, 1.54) is 25.7 Å². The molecule has 2 aromatic heterocycles. The van der Waals surface area contributed by atoms with Crippen molar-refractivity contribution in [3.05, 3.63) is 42.4 Å². The van der Waals surface area contributed by atoms with Crippen molar-refractivity contribution in [1.29, 1.82) is 0 Å². The average Bonchev–Trinajstić information content (AvgIpc) is 3.30. The number of hydrogen-bond acceptors (Lipinski definition) is 3. The number of aromatic nitrogens is 3. The number of pyridine rings is 1. The lowest BCUT2D eigenvalue weighted by Crippen LogP contribution is -2.27. The summed E-state index contributed by atoms with van der Waals surface area (Å²) in [7, 11) is 0. The standard InChI is InChI=1S/C18H22N4O/c23-18(11-16-9-13-2-3-15(16)8-13)20-12-14-4-6-19-17(10-14)22-7-1-5-21-22/h1,4-7,10,13,15-16H,2-3,8-9,11-12H2,(H,20,23). The molecule has 0 spiro atoms. The summed E-state index contributed by atoms with van der Waals surface area (Å²) < 4.78 is 1.72. The van der Waals surface area contributed by atoms with Crippen LogP contribution >= 0.6 is 0 Å². The zero-order valence-corrected chi connectivity index (χ0v) is 13.2. The van der Waals surface area contributed by atoms with Gasteiger partial charge in [-0.3, -0.25) is 4.79 Å². The van der Waals surface area contributed by atoms with Gasteiger partial charge in [0.2, 0.25) is 5.91 Å². The molecule has 3 atom stereocenters. The predicted octanol–water partition coefficient (Wildman–Crippen LogP) is 2.71. The van der Waals surface area contributed by atoms with E-state index in [1.54, 1.807) is 17.1 Å². The van der Waals surface area contributed by atoms with Crippen LogP contribution in [0, 0.1) is 17.8 Å². The molecule has 3 unspecified atom stereocenters. The van der Waals surface area contributed by atoms with Crippen molar-refractivity contribution < 1.29 is 4.79 Å². The summed E-state index contributed by atoms with van der Waals surface area (Å²) in [4.78, 5) is 16.5. The van der Waals surface area contributed by atoms with Crippen LogP contribution in [0.4, 0.5) is 0 Å². The van der Waals surface area contributed by atoms with Crippen LogP contribution in [0.25, 0.3) is 5.82 Å². The third-order valence-corrected chi connectivity index (χ3v) is 5.37. The Labute approximate surface area is 136 Å². The highest BCUT2D eigenvalue weighted by Gasteiger charge is 2.39. The summed E-state index contributed by atoms with van der Waals surface area (Å²) in [6.07, 6.45) is 11.4. The highest BCUT2D eigenvalue weighted by atomic mass is 16.1. The van der Waals surface area contributed by atoms with Gasteiger partial charge in [0, 0.05) is 31.6 Å². The minimum atomic E-state index is 0.181. The van der Waals surface area contributed by atoms with Crippen molar-refractivity contribution in [3.63, 3.8) is 0 Å². The molecule has 2 fully saturated rings. The number of nitrogens with zero attached hydrogens (tertiary/aromatic N) is 3. The zero-order chi connectivity index (χ0) is 15.6. The quantitative estimate of drug-likeness (QED) is 0.923. The predicted molar refractivity (Wildman–Crippen MR) is 86.8 cm³/mol. The molecule has 5 nitrogen and oxygen atoms in total. The highest BCUT2D eigenvalue weighted by molar-refractivity contribution is 5.76. The molecule has 1 N–H and O–H groups in total. The van der Waals surface area contributed by atoms with Crippen molar-refractivity contribution in [1.82, 2.24) is 20.1 Å². The number of carbonyl (C=O) groups is 1. The molecule has 0 aliphatic heterocycles. The fraction of sp³-hybridized carbons (Fsp3) is 0.500. The summed E-state index contributed by atoms with van der Waals surface area (Å²) in [5.74, 6) is 3.27. The lowest BCUT2D eigenvalue weighted by molar-refractivity contribution is -0.122. The Morgan fingerprint density at radius 2 is 2.26 bits per heavy atom. The molecule has 2 aromatic rings. The highest BCUT2D eigenvalue weighted by Crippen LogP contribution is 2.49. The summed E-state index contributed by atoms with van der Waals surface area (Å²) in [6, 6.07) is 5.76. The van der Waals surface area contributed by atoms with E-state index in [2.05, 4.69) is 15.4 Å². The van der Waals surface area contributed by atoms with Crippen LogP contribution in [0.1, 0.15) is 37.7 Å². The number of hydrogen-bond donors (Lipinski definition) is 1. The van der Waals surface area contributed by atoms with Gasteiger partial charge in [-0.05, 0) is 60.8 Å². The molecule has 23 heavy (non-hydrogen) atoms. The molecular weight excluding hydrogens is 288 g/mol. The molecule has 1 amide bonds. The van der Waals surface area contributed by atoms with Crippen LogP contribution in [0.2, 0.25) is 0 Å². The maximum Gasteiger partial charge on any atom is 0.220 e. The van der Waals surface area contributed by atoms with E-state index in [0.29, 0.717) is 18.9 Å². The first-order chi connectivity index (χ1) is 11.3. The van der Waals surface area contributed by atoms with E-state index >= 15 is 0 Å². The van der Waals surface area contributed by atoms with Crippen molar-refractivity contribution in [2.24, 2.45) is 17.8 Å². The summed E-state index contributed by atoms with van der Waals surface area (Å²) in [5.41, 5.74) is 1.05. The molecule has 0 saturated heterocycles. The van der Waals surface area contributed by atoms with Gasteiger partial charge in [0.15, 0.2) is 5.82 Å². The van der Waals surface area contributed by atoms with Crippen LogP contribution in [-0.2, 0) is 11.3 Å². The monoisotopic (exact) mass is 310 g/mol. The second-order valence-electron chi connectivity index (χ2n) is 6.89. The van der Waals surface area contributed by atoms with Gasteiger partial charge in [-0.15, -0.1) is 0 Å². The van der Waals surface area contributed by atoms with Gasteiger partial charge in [0.05, 0.1) is 0 Å². The maximum absolute atomic E-state index is 12.2. The van der Waals surface area contributed by atoms with E-state index in [9.17, 15) is 4.79 Å². The smallest absolute Gasteiger partial charge is 0.220 e. The number of fused-ring (bicyclic) bond motifs is 2. The van der Waals surface area contributed by atoms with E-state index in [4.69, 9.17) is 0 Å². The number of amides is 1. The van der Waals surface area contributed by atoms with Gasteiger partial charge < -0.3 is 5.32 Å². The second kappa shape index (κ2) is 6.14. The summed E-state index contributed by atoms with van der Waals surface area (Å²) >= 11 is 0. The Bertz CT molecular complexity index is 682. The van der Waals surface area contributed by atoms with Crippen LogP contribution < -0.4 is 5.32 Å². The normalized spacial score (nSPS) is 25.7. The Kier molecular flexibility index (Phi) is 3.85. The van der Waals surface area contributed by atoms with Gasteiger partial charge >= 0.3 is 0 Å². The molecule has 0 radical (unpaired) electrons. The number of carbonyl (C=O) groups excluding carboxylic acids is 1. The topological polar surface area (TPSA) is 59.8 Å². The number of nitrogens with one attached hydrogen (secondary N) is 1. The first kappa shape index (κ1) is 14.4. The lowest BCUT2D eigenvalue weighted by atomic mass is 9.86. The lowest BCUT2D eigenvalue weighted by Gasteiger charge is -2.20. The van der Waals surface area contributed by atoms with Crippen molar-refractivity contribution in [3.8, 4) is 5.82 Å². The molecule has 4 rings (SSSR count). The second-order valence-corrected chi connectivity index (χ2v) is 6.89. The van der Waals surface area contributed by atoms with E-state index in [1.807, 2.05) is 24.4 Å². The van der Waals surface area contributed by atoms with Crippen LogP contribution in [0.5, 0.6) is 0 Å². The summed E-state index contributed by atoms with van der Waals surface area (Å²) in [6.45, 7) is 0.552. The third kappa shape index (κ3) is 3.14. The molecule has 2 bridgehead atoms. The van der Waals surface area contributed by atoms with Crippen LogP contribution in [0.15, 0.2) is 36.8 Å². The van der Waals surface area contributed by atoms with Gasteiger partial charge in [-0.25, -0.2) is 9.67 Å². The van der Waals surface area contributed by atoms with Crippen LogP contribution in [-0.4, -0.2) is 20.7 Å². The molecule has 120 valence electrons. The largest absolute Gasteiger partial charge is 0.352 e. The first-order valence-corrected chi connectivity index (χ1v) is 8.49. The molecule has 2 saturated carbocycles. The van der Waals surface area contributed by atoms with Gasteiger partial charge in [0.1, 0.15) is 0 Å². The Morgan fingerprint density at radius 1 is 1.30 bits per heavy atom. The maximum atomic E-state index is 12.2. The first-order valence-electron chi connectivity index (χ1n) is 8.49. The molecule has 2 aliphatic carbocycles. The van der Waals surface area contributed by atoms with E-state index in [-0.39, 0.29) is 5.91 Å².